The lowest BCUT2D eigenvalue weighted by atomic mass is 9.82. The third-order valence-corrected chi connectivity index (χ3v) is 5.53. The number of nitrogens with one attached hydrogen (secondary N) is 1. The molecule has 2 amide bonds. The average Bonchev–Trinajstić information content (AvgIpc) is 3.17. The summed E-state index contributed by atoms with van der Waals surface area (Å²) in [5.41, 5.74) is -0.327. The van der Waals surface area contributed by atoms with Gasteiger partial charge in [0, 0.05) is 24.9 Å². The van der Waals surface area contributed by atoms with E-state index in [0.29, 0.717) is 36.6 Å². The Labute approximate surface area is 145 Å². The smallest absolute Gasteiger partial charge is 0.311 e. The van der Waals surface area contributed by atoms with Crippen LogP contribution < -0.4 is 10.2 Å². The zero-order chi connectivity index (χ0) is 17.7. The van der Waals surface area contributed by atoms with E-state index in [1.54, 1.807) is 10.3 Å². The number of hydrogen-bond acceptors (Lipinski definition) is 5. The van der Waals surface area contributed by atoms with E-state index < -0.39 is 11.4 Å². The molecule has 2 N–H and O–H groups in total. The van der Waals surface area contributed by atoms with E-state index in [-0.39, 0.29) is 24.8 Å². The van der Waals surface area contributed by atoms with Crippen molar-refractivity contribution in [1.82, 2.24) is 10.3 Å². The van der Waals surface area contributed by atoms with Gasteiger partial charge in [-0.1, -0.05) is 13.8 Å². The Balaban J connectivity index is 1.92. The molecule has 1 saturated heterocycles. The average molecular weight is 353 g/mol. The fraction of sp³-hybridized carbons (Fsp3) is 0.625. The first kappa shape index (κ1) is 18.4. The number of amides is 2. The Bertz CT molecular complexity index is 625. The first-order chi connectivity index (χ1) is 11.4. The molecule has 1 aliphatic heterocycles. The molecule has 24 heavy (non-hydrogen) atoms. The molecule has 0 radical (unpaired) electrons. The number of rotatable bonds is 8. The van der Waals surface area contributed by atoms with E-state index in [2.05, 4.69) is 10.3 Å². The number of hydrogen-bond donors (Lipinski definition) is 2. The second-order valence-corrected chi connectivity index (χ2v) is 6.85. The van der Waals surface area contributed by atoms with Gasteiger partial charge in [-0.15, -0.1) is 11.3 Å². The van der Waals surface area contributed by atoms with E-state index in [1.807, 2.05) is 13.8 Å². The van der Waals surface area contributed by atoms with Crippen molar-refractivity contribution >= 4 is 34.3 Å². The maximum Gasteiger partial charge on any atom is 0.311 e. The standard InChI is InChI=1S/C16H23N3O4S/c1-3-16(4-2,14(22)23)10-17-12(20)8-11-9-24-15(18-11)19-7-5-6-13(19)21/h9H,3-8,10H2,1-2H3,(H,17,20)(H,22,23). The zero-order valence-corrected chi connectivity index (χ0v) is 14.8. The third kappa shape index (κ3) is 3.92. The van der Waals surface area contributed by atoms with Gasteiger partial charge < -0.3 is 10.4 Å². The molecular weight excluding hydrogens is 330 g/mol. The van der Waals surface area contributed by atoms with Crippen LogP contribution in [0, 0.1) is 5.41 Å². The minimum Gasteiger partial charge on any atom is -0.481 e. The summed E-state index contributed by atoms with van der Waals surface area (Å²) in [6.45, 7) is 4.40. The number of carboxylic acid groups (broad SMARTS) is 1. The van der Waals surface area contributed by atoms with E-state index in [4.69, 9.17) is 0 Å². The molecule has 0 unspecified atom stereocenters. The predicted molar refractivity (Wildman–Crippen MR) is 91.1 cm³/mol. The summed E-state index contributed by atoms with van der Waals surface area (Å²) in [4.78, 5) is 41.2. The summed E-state index contributed by atoms with van der Waals surface area (Å²) in [6.07, 6.45) is 2.37. The zero-order valence-electron chi connectivity index (χ0n) is 14.0. The third-order valence-electron chi connectivity index (χ3n) is 4.62. The number of nitrogens with zero attached hydrogens (tertiary/aromatic N) is 2. The van der Waals surface area contributed by atoms with Gasteiger partial charge in [0.25, 0.3) is 0 Å². The van der Waals surface area contributed by atoms with Crippen LogP contribution in [-0.4, -0.2) is 41.0 Å². The molecule has 2 heterocycles. The van der Waals surface area contributed by atoms with Crippen molar-refractivity contribution in [3.8, 4) is 0 Å². The van der Waals surface area contributed by atoms with E-state index >= 15 is 0 Å². The summed E-state index contributed by atoms with van der Waals surface area (Å²) >= 11 is 1.35. The van der Waals surface area contributed by atoms with Crippen molar-refractivity contribution in [2.45, 2.75) is 46.0 Å². The monoisotopic (exact) mass is 353 g/mol. The van der Waals surface area contributed by atoms with Crippen LogP contribution in [0.5, 0.6) is 0 Å². The molecule has 8 heteroatoms. The van der Waals surface area contributed by atoms with E-state index in [0.717, 1.165) is 6.42 Å². The largest absolute Gasteiger partial charge is 0.481 e. The van der Waals surface area contributed by atoms with Gasteiger partial charge in [-0.05, 0) is 19.3 Å². The molecule has 0 atom stereocenters. The number of aromatic nitrogens is 1. The van der Waals surface area contributed by atoms with Gasteiger partial charge in [0.05, 0.1) is 17.5 Å². The SMILES string of the molecule is CCC(CC)(CNC(=O)Cc1csc(N2CCCC2=O)n1)C(=O)O. The number of carboxylic acids is 1. The fourth-order valence-corrected chi connectivity index (χ4v) is 3.59. The summed E-state index contributed by atoms with van der Waals surface area (Å²) in [5.74, 6) is -1.08. The van der Waals surface area contributed by atoms with Crippen molar-refractivity contribution in [2.24, 2.45) is 5.41 Å². The molecule has 132 valence electrons. The number of carbonyl (C=O) groups excluding carboxylic acids is 2. The second kappa shape index (κ2) is 7.74. The van der Waals surface area contributed by atoms with Gasteiger partial charge in [0.2, 0.25) is 11.8 Å². The molecule has 0 saturated carbocycles. The number of anilines is 1. The Morgan fingerprint density at radius 2 is 2.12 bits per heavy atom. The maximum atomic E-state index is 12.1. The van der Waals surface area contributed by atoms with E-state index in [1.165, 1.54) is 11.3 Å². The van der Waals surface area contributed by atoms with Crippen molar-refractivity contribution in [3.63, 3.8) is 0 Å². The molecular formula is C16H23N3O4S. The lowest BCUT2D eigenvalue weighted by Crippen LogP contribution is -2.42. The van der Waals surface area contributed by atoms with Crippen LogP contribution in [0.3, 0.4) is 0 Å². The molecule has 0 aromatic carbocycles. The Kier molecular flexibility index (Phi) is 5.93. The summed E-state index contributed by atoms with van der Waals surface area (Å²) in [7, 11) is 0. The molecule has 0 bridgehead atoms. The lowest BCUT2D eigenvalue weighted by molar-refractivity contribution is -0.149. The highest BCUT2D eigenvalue weighted by molar-refractivity contribution is 7.14. The topological polar surface area (TPSA) is 99.6 Å². The van der Waals surface area contributed by atoms with Crippen molar-refractivity contribution in [3.05, 3.63) is 11.1 Å². The lowest BCUT2D eigenvalue weighted by Gasteiger charge is -2.26. The van der Waals surface area contributed by atoms with Crippen LogP contribution in [0.2, 0.25) is 0 Å². The fourth-order valence-electron chi connectivity index (χ4n) is 2.72. The van der Waals surface area contributed by atoms with Crippen LogP contribution in [0.1, 0.15) is 45.2 Å². The quantitative estimate of drug-likeness (QED) is 0.742. The van der Waals surface area contributed by atoms with Crippen molar-refractivity contribution in [2.75, 3.05) is 18.0 Å². The normalized spacial score (nSPS) is 14.9. The Morgan fingerprint density at radius 3 is 2.67 bits per heavy atom. The molecule has 2 rings (SSSR count). The van der Waals surface area contributed by atoms with Crippen LogP contribution in [0.15, 0.2) is 5.38 Å². The van der Waals surface area contributed by atoms with Gasteiger partial charge in [-0.3, -0.25) is 19.3 Å². The van der Waals surface area contributed by atoms with Crippen LogP contribution >= 0.6 is 11.3 Å². The summed E-state index contributed by atoms with van der Waals surface area (Å²) in [6, 6.07) is 0. The van der Waals surface area contributed by atoms with Gasteiger partial charge in [-0.25, -0.2) is 4.98 Å². The molecule has 1 aromatic heterocycles. The minimum absolute atomic E-state index is 0.0671. The van der Waals surface area contributed by atoms with E-state index in [9.17, 15) is 19.5 Å². The second-order valence-electron chi connectivity index (χ2n) is 6.02. The molecule has 1 aliphatic rings. The molecule has 1 aromatic rings. The van der Waals surface area contributed by atoms with Crippen LogP contribution in [0.4, 0.5) is 5.13 Å². The van der Waals surface area contributed by atoms with Gasteiger partial charge in [0.1, 0.15) is 0 Å². The molecule has 0 aliphatic carbocycles. The molecule has 0 spiro atoms. The maximum absolute atomic E-state index is 12.1. The van der Waals surface area contributed by atoms with Crippen LogP contribution in [-0.2, 0) is 20.8 Å². The Morgan fingerprint density at radius 1 is 1.42 bits per heavy atom. The Hall–Kier alpha value is -1.96. The first-order valence-electron chi connectivity index (χ1n) is 8.16. The van der Waals surface area contributed by atoms with Crippen LogP contribution in [0.25, 0.3) is 0 Å². The van der Waals surface area contributed by atoms with Gasteiger partial charge >= 0.3 is 5.97 Å². The predicted octanol–water partition coefficient (Wildman–Crippen LogP) is 1.82. The number of carbonyl (C=O) groups is 3. The summed E-state index contributed by atoms with van der Waals surface area (Å²) < 4.78 is 0. The molecule has 1 fully saturated rings. The number of thiazole rings is 1. The number of aliphatic carboxylic acids is 1. The van der Waals surface area contributed by atoms with Crippen molar-refractivity contribution < 1.29 is 19.5 Å². The highest BCUT2D eigenvalue weighted by atomic mass is 32.1. The van der Waals surface area contributed by atoms with Gasteiger partial charge in [-0.2, -0.15) is 0 Å². The first-order valence-corrected chi connectivity index (χ1v) is 9.04. The summed E-state index contributed by atoms with van der Waals surface area (Å²) in [5, 5.41) is 14.5. The highest BCUT2D eigenvalue weighted by Gasteiger charge is 2.35. The highest BCUT2D eigenvalue weighted by Crippen LogP contribution is 2.27. The molecule has 7 nitrogen and oxygen atoms in total. The minimum atomic E-state index is -0.926. The van der Waals surface area contributed by atoms with Crippen molar-refractivity contribution in [1.29, 1.82) is 0 Å². The van der Waals surface area contributed by atoms with Gasteiger partial charge in [0.15, 0.2) is 5.13 Å².